The molecule has 0 spiro atoms. The second-order valence-corrected chi connectivity index (χ2v) is 10.1. The number of alkyl halides is 1. The number of aromatic nitrogens is 4. The third-order valence-electron chi connectivity index (χ3n) is 7.59. The van der Waals surface area contributed by atoms with E-state index in [0.717, 1.165) is 51.9 Å². The van der Waals surface area contributed by atoms with E-state index >= 15 is 0 Å². The summed E-state index contributed by atoms with van der Waals surface area (Å²) in [6.07, 6.45) is 5.39. The quantitative estimate of drug-likeness (QED) is 0.486. The molecular formula is C27H32FN7O2. The maximum Gasteiger partial charge on any atom is 0.234 e. The van der Waals surface area contributed by atoms with Gasteiger partial charge in [-0.15, -0.1) is 0 Å². The zero-order valence-electron chi connectivity index (χ0n) is 21.4. The molecule has 0 N–H and O–H groups in total. The first-order chi connectivity index (χ1) is 18.0. The fraction of sp³-hybridized carbons (Fsp3) is 0.519. The van der Waals surface area contributed by atoms with Crippen molar-refractivity contribution < 1.29 is 13.9 Å². The van der Waals surface area contributed by atoms with E-state index in [-0.39, 0.29) is 11.7 Å². The summed E-state index contributed by atoms with van der Waals surface area (Å²) in [7, 11) is 3.87. The number of aryl methyl sites for hydroxylation is 1. The van der Waals surface area contributed by atoms with Gasteiger partial charge in [-0.3, -0.25) is 4.79 Å². The Bertz CT molecular complexity index is 1330. The van der Waals surface area contributed by atoms with Crippen LogP contribution >= 0.6 is 0 Å². The Hall–Kier alpha value is -3.58. The van der Waals surface area contributed by atoms with Crippen LogP contribution in [0.2, 0.25) is 0 Å². The minimum absolute atomic E-state index is 0.0385. The van der Waals surface area contributed by atoms with Crippen LogP contribution in [0.4, 0.5) is 4.39 Å². The van der Waals surface area contributed by atoms with Crippen molar-refractivity contribution in [3.05, 3.63) is 35.9 Å². The van der Waals surface area contributed by atoms with Gasteiger partial charge in [-0.25, -0.2) is 14.4 Å². The van der Waals surface area contributed by atoms with E-state index in [9.17, 15) is 14.4 Å². The van der Waals surface area contributed by atoms with Gasteiger partial charge < -0.3 is 19.1 Å². The first-order valence-electron chi connectivity index (χ1n) is 12.9. The molecule has 194 valence electrons. The van der Waals surface area contributed by atoms with Gasteiger partial charge in [0, 0.05) is 37.8 Å². The van der Waals surface area contributed by atoms with Gasteiger partial charge in [0.2, 0.25) is 11.7 Å². The van der Waals surface area contributed by atoms with Gasteiger partial charge in [0.05, 0.1) is 18.9 Å². The number of nitriles is 1. The van der Waals surface area contributed by atoms with Crippen molar-refractivity contribution in [1.82, 2.24) is 29.3 Å². The Labute approximate surface area is 215 Å². The number of hydrogen-bond donors (Lipinski definition) is 0. The Morgan fingerprint density at radius 3 is 2.70 bits per heavy atom. The molecule has 10 heteroatoms. The van der Waals surface area contributed by atoms with Crippen LogP contribution in [0.25, 0.3) is 22.4 Å². The second kappa shape index (κ2) is 10.8. The van der Waals surface area contributed by atoms with E-state index < -0.39 is 6.67 Å². The third-order valence-corrected chi connectivity index (χ3v) is 7.59. The van der Waals surface area contributed by atoms with Gasteiger partial charge in [0.25, 0.3) is 0 Å². The SMILES string of the molecule is CN1CCC(C(=O)N2CCC(CCOc3ccc(-c4nc(C#N)nc5c4ncn5C)cc3CF)CC2)C1. The maximum absolute atomic E-state index is 14.0. The lowest BCUT2D eigenvalue weighted by Gasteiger charge is -2.33. The number of carbonyl (C=O) groups is 1. The summed E-state index contributed by atoms with van der Waals surface area (Å²) in [5.74, 6) is 1.49. The fourth-order valence-corrected chi connectivity index (χ4v) is 5.40. The molecule has 0 radical (unpaired) electrons. The highest BCUT2D eigenvalue weighted by Gasteiger charge is 2.31. The summed E-state index contributed by atoms with van der Waals surface area (Å²) in [6.45, 7) is 3.29. The summed E-state index contributed by atoms with van der Waals surface area (Å²) < 4.78 is 21.7. The molecule has 2 saturated heterocycles. The molecule has 4 heterocycles. The molecule has 0 aliphatic carbocycles. The molecular weight excluding hydrogens is 473 g/mol. The van der Waals surface area contributed by atoms with Crippen LogP contribution in [0.5, 0.6) is 5.75 Å². The molecule has 1 unspecified atom stereocenters. The lowest BCUT2D eigenvalue weighted by atomic mass is 9.93. The lowest BCUT2D eigenvalue weighted by Crippen LogP contribution is -2.42. The smallest absolute Gasteiger partial charge is 0.234 e. The van der Waals surface area contributed by atoms with E-state index in [4.69, 9.17) is 4.74 Å². The monoisotopic (exact) mass is 505 g/mol. The lowest BCUT2D eigenvalue weighted by molar-refractivity contribution is -0.136. The van der Waals surface area contributed by atoms with E-state index in [2.05, 4.69) is 26.9 Å². The first-order valence-corrected chi connectivity index (χ1v) is 12.9. The van der Waals surface area contributed by atoms with Crippen LogP contribution in [0.1, 0.15) is 37.1 Å². The van der Waals surface area contributed by atoms with Crippen LogP contribution in [-0.2, 0) is 18.5 Å². The van der Waals surface area contributed by atoms with Gasteiger partial charge in [0.15, 0.2) is 5.65 Å². The van der Waals surface area contributed by atoms with Gasteiger partial charge in [-0.05, 0) is 63.4 Å². The molecule has 1 atom stereocenters. The van der Waals surface area contributed by atoms with Crippen LogP contribution in [0.15, 0.2) is 24.5 Å². The molecule has 37 heavy (non-hydrogen) atoms. The van der Waals surface area contributed by atoms with Gasteiger partial charge in [-0.2, -0.15) is 10.2 Å². The number of halogens is 1. The highest BCUT2D eigenvalue weighted by molar-refractivity contribution is 5.88. The summed E-state index contributed by atoms with van der Waals surface area (Å²) >= 11 is 0. The molecule has 9 nitrogen and oxygen atoms in total. The summed E-state index contributed by atoms with van der Waals surface area (Å²) in [5, 5.41) is 9.34. The predicted octanol–water partition coefficient (Wildman–Crippen LogP) is 3.33. The molecule has 2 aliphatic rings. The van der Waals surface area contributed by atoms with E-state index in [1.54, 1.807) is 30.1 Å². The van der Waals surface area contributed by atoms with Crippen molar-refractivity contribution in [3.8, 4) is 23.1 Å². The Morgan fingerprint density at radius 1 is 1.19 bits per heavy atom. The largest absolute Gasteiger partial charge is 0.493 e. The predicted molar refractivity (Wildman–Crippen MR) is 136 cm³/mol. The highest BCUT2D eigenvalue weighted by Crippen LogP contribution is 2.31. The van der Waals surface area contributed by atoms with Crippen molar-refractivity contribution in [2.45, 2.75) is 32.4 Å². The zero-order chi connectivity index (χ0) is 25.9. The average Bonchev–Trinajstić information content (AvgIpc) is 3.53. The number of nitrogens with zero attached hydrogens (tertiary/aromatic N) is 7. The first kappa shape index (κ1) is 25.1. The molecule has 0 saturated carbocycles. The molecule has 2 aliphatic heterocycles. The number of benzene rings is 1. The number of imidazole rings is 1. The number of fused-ring (bicyclic) bond motifs is 1. The number of amides is 1. The Kier molecular flexibility index (Phi) is 7.33. The van der Waals surface area contributed by atoms with E-state index in [1.807, 2.05) is 17.0 Å². The molecule has 1 amide bonds. The normalized spacial score (nSPS) is 18.9. The van der Waals surface area contributed by atoms with Crippen LogP contribution < -0.4 is 4.74 Å². The van der Waals surface area contributed by atoms with Crippen molar-refractivity contribution in [1.29, 1.82) is 5.26 Å². The van der Waals surface area contributed by atoms with E-state index in [0.29, 0.717) is 52.2 Å². The molecule has 2 fully saturated rings. The third kappa shape index (κ3) is 5.27. The van der Waals surface area contributed by atoms with Gasteiger partial charge in [0.1, 0.15) is 29.7 Å². The van der Waals surface area contributed by atoms with Crippen LogP contribution in [0, 0.1) is 23.2 Å². The maximum atomic E-state index is 14.0. The second-order valence-electron chi connectivity index (χ2n) is 10.1. The summed E-state index contributed by atoms with van der Waals surface area (Å²) in [6, 6.07) is 7.26. The zero-order valence-corrected chi connectivity index (χ0v) is 21.4. The Morgan fingerprint density at radius 2 is 2.00 bits per heavy atom. The number of ether oxygens (including phenoxy) is 1. The van der Waals surface area contributed by atoms with Crippen molar-refractivity contribution in [2.24, 2.45) is 18.9 Å². The molecule has 1 aromatic carbocycles. The number of piperidine rings is 1. The van der Waals surface area contributed by atoms with Crippen molar-refractivity contribution in [3.63, 3.8) is 0 Å². The van der Waals surface area contributed by atoms with Crippen LogP contribution in [0.3, 0.4) is 0 Å². The number of hydrogen-bond acceptors (Lipinski definition) is 7. The molecule has 5 rings (SSSR count). The molecule has 2 aromatic heterocycles. The summed E-state index contributed by atoms with van der Waals surface area (Å²) in [5.41, 5.74) is 2.69. The molecule has 3 aromatic rings. The number of rotatable bonds is 7. The minimum atomic E-state index is -0.679. The minimum Gasteiger partial charge on any atom is -0.493 e. The van der Waals surface area contributed by atoms with Crippen molar-refractivity contribution >= 4 is 17.1 Å². The topological polar surface area (TPSA) is 100 Å². The highest BCUT2D eigenvalue weighted by atomic mass is 19.1. The average molecular weight is 506 g/mol. The summed E-state index contributed by atoms with van der Waals surface area (Å²) in [4.78, 5) is 30.0. The number of carbonyl (C=O) groups excluding carboxylic acids is 1. The molecule has 0 bridgehead atoms. The fourth-order valence-electron chi connectivity index (χ4n) is 5.40. The standard InChI is InChI=1S/C27H32FN7O2/c1-33-9-7-20(16-33)27(36)35-10-5-18(6-11-35)8-12-37-22-4-3-19(13-21(22)14-28)24-25-26(34(2)17-30-25)32-23(15-29)31-24/h3-4,13,17-18,20H,5-12,14,16H2,1-2H3. The number of likely N-dealkylation sites (tertiary alicyclic amines) is 2. The van der Waals surface area contributed by atoms with Crippen LogP contribution in [-0.4, -0.2) is 75.1 Å². The van der Waals surface area contributed by atoms with Gasteiger partial charge >= 0.3 is 0 Å². The Balaban J connectivity index is 1.19. The van der Waals surface area contributed by atoms with E-state index in [1.165, 1.54) is 0 Å². The van der Waals surface area contributed by atoms with Gasteiger partial charge in [-0.1, -0.05) is 0 Å². The van der Waals surface area contributed by atoms with Crippen molar-refractivity contribution in [2.75, 3.05) is 39.8 Å².